The fourth-order valence-electron chi connectivity index (χ4n) is 1.73. The molecule has 0 aromatic heterocycles. The van der Waals surface area contributed by atoms with Gasteiger partial charge in [-0.05, 0) is 24.3 Å². The van der Waals surface area contributed by atoms with Crippen molar-refractivity contribution in [3.05, 3.63) is 29.8 Å². The molecule has 0 N–H and O–H groups in total. The van der Waals surface area contributed by atoms with Crippen LogP contribution in [0.4, 0.5) is 0 Å². The van der Waals surface area contributed by atoms with Crippen molar-refractivity contribution in [1.82, 2.24) is 4.90 Å². The third kappa shape index (κ3) is 5.12. The quantitative estimate of drug-likeness (QED) is 0.567. The van der Waals surface area contributed by atoms with Gasteiger partial charge in [-0.1, -0.05) is 0 Å². The Morgan fingerprint density at radius 3 is 2.50 bits per heavy atom. The van der Waals surface area contributed by atoms with E-state index in [0.29, 0.717) is 18.0 Å². The fourth-order valence-corrected chi connectivity index (χ4v) is 1.73. The van der Waals surface area contributed by atoms with Crippen molar-refractivity contribution in [3.8, 4) is 11.5 Å². The normalized spacial score (nSPS) is 10.4. The number of nitrogens with zero attached hydrogens (tertiary/aromatic N) is 1. The van der Waals surface area contributed by atoms with E-state index < -0.39 is 0 Å². The maximum absolute atomic E-state index is 12.0. The predicted octanol–water partition coefficient (Wildman–Crippen LogP) is 1.74. The Hall–Kier alpha value is -2.50. The second-order valence-electron chi connectivity index (χ2n) is 4.53. The van der Waals surface area contributed by atoms with E-state index in [1.54, 1.807) is 45.5 Å². The first-order valence-corrected chi connectivity index (χ1v) is 6.73. The fraction of sp³-hybridized carbons (Fsp3) is 0.375. The van der Waals surface area contributed by atoms with E-state index in [1.165, 1.54) is 18.1 Å². The zero-order chi connectivity index (χ0) is 16.5. The van der Waals surface area contributed by atoms with Gasteiger partial charge in [-0.3, -0.25) is 9.59 Å². The largest absolute Gasteiger partial charge is 0.497 e. The first kappa shape index (κ1) is 17.6. The van der Waals surface area contributed by atoms with Crippen LogP contribution in [-0.2, 0) is 14.3 Å². The van der Waals surface area contributed by atoms with Crippen LogP contribution in [0.25, 0.3) is 6.08 Å². The Balaban J connectivity index is 2.74. The van der Waals surface area contributed by atoms with Gasteiger partial charge < -0.3 is 19.1 Å². The van der Waals surface area contributed by atoms with Crippen molar-refractivity contribution in [1.29, 1.82) is 0 Å². The van der Waals surface area contributed by atoms with Gasteiger partial charge in [0.25, 0.3) is 0 Å². The SMILES string of the molecule is COC(=O)CCN(C)C(=O)/C=C/c1cc(OC)ccc1OC. The van der Waals surface area contributed by atoms with Crippen molar-refractivity contribution >= 4 is 18.0 Å². The molecule has 0 aliphatic rings. The van der Waals surface area contributed by atoms with Crippen molar-refractivity contribution in [2.24, 2.45) is 0 Å². The van der Waals surface area contributed by atoms with Crippen LogP contribution in [0.1, 0.15) is 12.0 Å². The number of esters is 1. The van der Waals surface area contributed by atoms with E-state index in [9.17, 15) is 9.59 Å². The highest BCUT2D eigenvalue weighted by Crippen LogP contribution is 2.25. The van der Waals surface area contributed by atoms with Gasteiger partial charge >= 0.3 is 5.97 Å². The molecule has 0 radical (unpaired) electrons. The molecule has 6 heteroatoms. The molecule has 0 heterocycles. The summed E-state index contributed by atoms with van der Waals surface area (Å²) in [6.07, 6.45) is 3.24. The summed E-state index contributed by atoms with van der Waals surface area (Å²) in [5, 5.41) is 0. The highest BCUT2D eigenvalue weighted by molar-refractivity contribution is 5.92. The molecule has 0 atom stereocenters. The van der Waals surface area contributed by atoms with E-state index >= 15 is 0 Å². The van der Waals surface area contributed by atoms with E-state index in [4.69, 9.17) is 9.47 Å². The molecule has 0 spiro atoms. The molecular formula is C16H21NO5. The van der Waals surface area contributed by atoms with Gasteiger partial charge in [0.15, 0.2) is 0 Å². The molecule has 0 saturated heterocycles. The summed E-state index contributed by atoms with van der Waals surface area (Å²) in [4.78, 5) is 24.5. The zero-order valence-corrected chi connectivity index (χ0v) is 13.3. The molecule has 0 fully saturated rings. The average molecular weight is 307 g/mol. The topological polar surface area (TPSA) is 65.1 Å². The Morgan fingerprint density at radius 1 is 1.18 bits per heavy atom. The third-order valence-electron chi connectivity index (χ3n) is 3.10. The first-order chi connectivity index (χ1) is 10.5. The van der Waals surface area contributed by atoms with Crippen molar-refractivity contribution < 1.29 is 23.8 Å². The number of amides is 1. The first-order valence-electron chi connectivity index (χ1n) is 6.73. The van der Waals surface area contributed by atoms with Crippen LogP contribution < -0.4 is 9.47 Å². The maximum Gasteiger partial charge on any atom is 0.307 e. The molecule has 1 rings (SSSR count). The Kier molecular flexibility index (Phi) is 6.95. The minimum absolute atomic E-state index is 0.162. The minimum atomic E-state index is -0.349. The van der Waals surface area contributed by atoms with E-state index in [0.717, 1.165) is 5.56 Å². The molecule has 0 unspecified atom stereocenters. The van der Waals surface area contributed by atoms with Gasteiger partial charge in [0.2, 0.25) is 5.91 Å². The van der Waals surface area contributed by atoms with E-state index in [2.05, 4.69) is 4.74 Å². The van der Waals surface area contributed by atoms with Crippen LogP contribution in [0.5, 0.6) is 11.5 Å². The van der Waals surface area contributed by atoms with Crippen molar-refractivity contribution in [2.45, 2.75) is 6.42 Å². The van der Waals surface area contributed by atoms with Crippen molar-refractivity contribution in [2.75, 3.05) is 34.9 Å². The molecule has 0 saturated carbocycles. The smallest absolute Gasteiger partial charge is 0.307 e. The summed E-state index contributed by atoms with van der Waals surface area (Å²) < 4.78 is 14.9. The highest BCUT2D eigenvalue weighted by atomic mass is 16.5. The lowest BCUT2D eigenvalue weighted by Crippen LogP contribution is -2.27. The summed E-state index contributed by atoms with van der Waals surface area (Å²) >= 11 is 0. The molecular weight excluding hydrogens is 286 g/mol. The molecule has 1 aromatic rings. The Morgan fingerprint density at radius 2 is 1.91 bits per heavy atom. The Bertz CT molecular complexity index is 553. The van der Waals surface area contributed by atoms with Crippen LogP contribution >= 0.6 is 0 Å². The van der Waals surface area contributed by atoms with Crippen LogP contribution in [-0.4, -0.2) is 51.7 Å². The summed E-state index contributed by atoms with van der Waals surface area (Å²) in [5.74, 6) is 0.751. The van der Waals surface area contributed by atoms with Gasteiger partial charge in [-0.15, -0.1) is 0 Å². The number of carbonyl (C=O) groups is 2. The van der Waals surface area contributed by atoms with Crippen LogP contribution in [0, 0.1) is 0 Å². The molecule has 0 aliphatic carbocycles. The summed E-state index contributed by atoms with van der Waals surface area (Å²) in [7, 11) is 6.07. The van der Waals surface area contributed by atoms with Crippen molar-refractivity contribution in [3.63, 3.8) is 0 Å². The summed E-state index contributed by atoms with van der Waals surface area (Å²) in [5.41, 5.74) is 0.733. The van der Waals surface area contributed by atoms with Gasteiger partial charge in [0.05, 0.1) is 27.8 Å². The third-order valence-corrected chi connectivity index (χ3v) is 3.10. The number of hydrogen-bond donors (Lipinski definition) is 0. The van der Waals surface area contributed by atoms with Crippen LogP contribution in [0.15, 0.2) is 24.3 Å². The number of likely N-dealkylation sites (N-methyl/N-ethyl adjacent to an activating group) is 1. The number of methoxy groups -OCH3 is 3. The summed E-state index contributed by atoms with van der Waals surface area (Å²) in [6, 6.07) is 5.32. The molecule has 1 aromatic carbocycles. The molecule has 22 heavy (non-hydrogen) atoms. The molecule has 0 bridgehead atoms. The van der Waals surface area contributed by atoms with Gasteiger partial charge in [-0.2, -0.15) is 0 Å². The van der Waals surface area contributed by atoms with Gasteiger partial charge in [0.1, 0.15) is 11.5 Å². The molecule has 0 aliphatic heterocycles. The summed E-state index contributed by atoms with van der Waals surface area (Å²) in [6.45, 7) is 0.297. The number of rotatable bonds is 7. The minimum Gasteiger partial charge on any atom is -0.497 e. The zero-order valence-electron chi connectivity index (χ0n) is 13.3. The Labute approximate surface area is 130 Å². The number of ether oxygens (including phenoxy) is 3. The highest BCUT2D eigenvalue weighted by Gasteiger charge is 2.09. The number of hydrogen-bond acceptors (Lipinski definition) is 5. The number of benzene rings is 1. The standard InChI is InChI=1S/C16H21NO5/c1-17(10-9-16(19)22-4)15(18)8-5-12-11-13(20-2)6-7-14(12)21-3/h5-8,11H,9-10H2,1-4H3/b8-5+. The van der Waals surface area contributed by atoms with E-state index in [1.807, 2.05) is 0 Å². The lowest BCUT2D eigenvalue weighted by atomic mass is 10.1. The molecule has 6 nitrogen and oxygen atoms in total. The maximum atomic E-state index is 12.0. The second-order valence-corrected chi connectivity index (χ2v) is 4.53. The molecule has 120 valence electrons. The van der Waals surface area contributed by atoms with Crippen LogP contribution in [0.3, 0.4) is 0 Å². The lowest BCUT2D eigenvalue weighted by Gasteiger charge is -2.14. The second kappa shape index (κ2) is 8.71. The lowest BCUT2D eigenvalue weighted by molar-refractivity contribution is -0.141. The average Bonchev–Trinajstić information content (AvgIpc) is 2.56. The monoisotopic (exact) mass is 307 g/mol. The van der Waals surface area contributed by atoms with E-state index in [-0.39, 0.29) is 18.3 Å². The van der Waals surface area contributed by atoms with Gasteiger partial charge in [0, 0.05) is 25.2 Å². The number of carbonyl (C=O) groups excluding carboxylic acids is 2. The van der Waals surface area contributed by atoms with Gasteiger partial charge in [-0.25, -0.2) is 0 Å². The predicted molar refractivity (Wildman–Crippen MR) is 82.9 cm³/mol. The van der Waals surface area contributed by atoms with Crippen LogP contribution in [0.2, 0.25) is 0 Å². The molecule has 1 amide bonds.